The van der Waals surface area contributed by atoms with Crippen LogP contribution in [0.4, 0.5) is 0 Å². The molecule has 7 aliphatic rings. The molecule has 1 saturated heterocycles. The van der Waals surface area contributed by atoms with Crippen LogP contribution in [0.25, 0.3) is 0 Å². The summed E-state index contributed by atoms with van der Waals surface area (Å²) < 4.78 is 0. The topological polar surface area (TPSA) is 43.7 Å². The van der Waals surface area contributed by atoms with Crippen molar-refractivity contribution >= 4 is 0 Å². The Morgan fingerprint density at radius 2 is 2.00 bits per heavy atom. The molecule has 3 nitrogen and oxygen atoms in total. The Bertz CT molecular complexity index is 662. The van der Waals surface area contributed by atoms with Crippen LogP contribution < -0.4 is 0 Å². The smallest absolute Gasteiger partial charge is 0.0814 e. The van der Waals surface area contributed by atoms with Gasteiger partial charge < -0.3 is 10.2 Å². The Kier molecular flexibility index (Phi) is 2.73. The van der Waals surface area contributed by atoms with Crippen LogP contribution in [0.15, 0.2) is 12.2 Å². The third-order valence-corrected chi connectivity index (χ3v) is 10.5. The van der Waals surface area contributed by atoms with E-state index in [1.54, 1.807) is 0 Å². The fraction of sp³-hybridized carbons (Fsp3) is 0.909. The van der Waals surface area contributed by atoms with Gasteiger partial charge in [-0.25, -0.2) is 0 Å². The van der Waals surface area contributed by atoms with Gasteiger partial charge in [0.2, 0.25) is 0 Å². The molecule has 6 aliphatic carbocycles. The second-order valence-corrected chi connectivity index (χ2v) is 10.7. The van der Waals surface area contributed by atoms with Crippen LogP contribution >= 0.6 is 0 Å². The third-order valence-electron chi connectivity index (χ3n) is 10.5. The number of hydrogen-bond acceptors (Lipinski definition) is 3. The van der Waals surface area contributed by atoms with Crippen LogP contribution in [0.1, 0.15) is 52.4 Å². The molecule has 0 aromatic rings. The predicted molar refractivity (Wildman–Crippen MR) is 96.8 cm³/mol. The molecule has 7 bridgehead atoms. The number of fused-ring (bicyclic) bond motifs is 2. The molecule has 7 fully saturated rings. The van der Waals surface area contributed by atoms with Crippen LogP contribution in [0.2, 0.25) is 0 Å². The Balaban J connectivity index is 1.60. The lowest BCUT2D eigenvalue weighted by Crippen LogP contribution is -2.69. The van der Waals surface area contributed by atoms with Crippen LogP contribution in [0.3, 0.4) is 0 Å². The summed E-state index contributed by atoms with van der Waals surface area (Å²) in [5.74, 6) is 1.77. The minimum atomic E-state index is -0.377. The van der Waals surface area contributed by atoms with Gasteiger partial charge in [0, 0.05) is 29.8 Å². The largest absolute Gasteiger partial charge is 0.392 e. The lowest BCUT2D eigenvalue weighted by Gasteiger charge is -2.68. The molecule has 1 heterocycles. The molecular weight excluding hydrogens is 310 g/mol. The first-order valence-corrected chi connectivity index (χ1v) is 10.7. The van der Waals surface area contributed by atoms with Crippen molar-refractivity contribution in [2.45, 2.75) is 70.6 Å². The fourth-order valence-electron chi connectivity index (χ4n) is 10.1. The standard InChI is InChI=1S/C22H33NO2/c1-4-23-11-20(3)7-5-8-22-15(20)10-14(18(22)23)21-9-6-13(12(2)19(21)25)16(24)17(21)22/h13-19,24-25H,2,4-11H2,1,3H3/t13-,14+,15-,16+,17-,18+,19-,20+,21+,22+/m1/s1. The van der Waals surface area contributed by atoms with Crippen LogP contribution in [-0.2, 0) is 0 Å². The van der Waals surface area contributed by atoms with E-state index in [-0.39, 0.29) is 29.0 Å². The van der Waals surface area contributed by atoms with Gasteiger partial charge in [-0.05, 0) is 66.9 Å². The van der Waals surface area contributed by atoms with Gasteiger partial charge in [0.05, 0.1) is 12.2 Å². The van der Waals surface area contributed by atoms with Crippen molar-refractivity contribution in [1.29, 1.82) is 0 Å². The first-order valence-electron chi connectivity index (χ1n) is 10.7. The monoisotopic (exact) mass is 343 g/mol. The maximum atomic E-state index is 11.5. The molecule has 2 N–H and O–H groups in total. The van der Waals surface area contributed by atoms with Crippen LogP contribution in [-0.4, -0.2) is 46.5 Å². The van der Waals surface area contributed by atoms with E-state index in [1.165, 1.54) is 32.2 Å². The molecule has 0 unspecified atom stereocenters. The zero-order chi connectivity index (χ0) is 17.4. The highest BCUT2D eigenvalue weighted by Crippen LogP contribution is 2.83. The number of hydrogen-bond donors (Lipinski definition) is 2. The third kappa shape index (κ3) is 1.34. The van der Waals surface area contributed by atoms with Gasteiger partial charge in [0.15, 0.2) is 0 Å². The van der Waals surface area contributed by atoms with Gasteiger partial charge in [0.1, 0.15) is 0 Å². The molecule has 7 rings (SSSR count). The summed E-state index contributed by atoms with van der Waals surface area (Å²) >= 11 is 0. The SMILES string of the molecule is C=C1[C@H]2CC[C@]3([C@@H]([C@H]2O)[C@@]24CCC[C@@]5(C)CN(CC)[C@H]2[C@@H]3C[C@H]54)[C@@H]1O. The molecule has 1 aliphatic heterocycles. The van der Waals surface area contributed by atoms with Crippen molar-refractivity contribution in [3.8, 4) is 0 Å². The second-order valence-electron chi connectivity index (χ2n) is 10.7. The van der Waals surface area contributed by atoms with E-state index < -0.39 is 0 Å². The quantitative estimate of drug-likeness (QED) is 0.720. The number of aliphatic hydroxyl groups excluding tert-OH is 2. The Morgan fingerprint density at radius 1 is 1.20 bits per heavy atom. The summed E-state index contributed by atoms with van der Waals surface area (Å²) in [5, 5.41) is 22.9. The predicted octanol–water partition coefficient (Wildman–Crippen LogP) is 2.82. The average Bonchev–Trinajstić information content (AvgIpc) is 2.99. The molecule has 10 atom stereocenters. The molecule has 0 aromatic heterocycles. The summed E-state index contributed by atoms with van der Waals surface area (Å²) in [5.41, 5.74) is 1.54. The second kappa shape index (κ2) is 4.36. The normalized spacial score (nSPS) is 64.6. The maximum Gasteiger partial charge on any atom is 0.0814 e. The highest BCUT2D eigenvalue weighted by molar-refractivity contribution is 5.38. The Hall–Kier alpha value is -0.380. The maximum absolute atomic E-state index is 11.5. The Labute approximate surface area is 151 Å². The van der Waals surface area contributed by atoms with Gasteiger partial charge in [0.25, 0.3) is 0 Å². The van der Waals surface area contributed by atoms with E-state index in [1.807, 2.05) is 0 Å². The highest BCUT2D eigenvalue weighted by atomic mass is 16.3. The summed E-state index contributed by atoms with van der Waals surface area (Å²) in [6.07, 6.45) is 6.75. The minimum Gasteiger partial charge on any atom is -0.392 e. The van der Waals surface area contributed by atoms with Crippen molar-refractivity contribution in [1.82, 2.24) is 4.90 Å². The minimum absolute atomic E-state index is 0.0809. The summed E-state index contributed by atoms with van der Waals surface area (Å²) in [7, 11) is 0. The van der Waals surface area contributed by atoms with Gasteiger partial charge in [-0.3, -0.25) is 4.90 Å². The summed E-state index contributed by atoms with van der Waals surface area (Å²) in [6.45, 7) is 11.5. The van der Waals surface area contributed by atoms with Crippen LogP contribution in [0, 0.1) is 39.9 Å². The van der Waals surface area contributed by atoms with E-state index in [4.69, 9.17) is 0 Å². The summed E-state index contributed by atoms with van der Waals surface area (Å²) in [6, 6.07) is 0.592. The number of nitrogens with zero attached hydrogens (tertiary/aromatic N) is 1. The first kappa shape index (κ1) is 15.7. The van der Waals surface area contributed by atoms with Gasteiger partial charge >= 0.3 is 0 Å². The molecule has 0 radical (unpaired) electrons. The van der Waals surface area contributed by atoms with E-state index in [0.717, 1.165) is 30.9 Å². The molecule has 138 valence electrons. The molecule has 2 spiro atoms. The van der Waals surface area contributed by atoms with Crippen molar-refractivity contribution in [3.63, 3.8) is 0 Å². The first-order chi connectivity index (χ1) is 11.9. The van der Waals surface area contributed by atoms with Crippen molar-refractivity contribution < 1.29 is 10.2 Å². The zero-order valence-corrected chi connectivity index (χ0v) is 15.7. The van der Waals surface area contributed by atoms with Gasteiger partial charge in [-0.15, -0.1) is 0 Å². The van der Waals surface area contributed by atoms with E-state index in [9.17, 15) is 10.2 Å². The fourth-order valence-corrected chi connectivity index (χ4v) is 10.1. The van der Waals surface area contributed by atoms with E-state index in [0.29, 0.717) is 23.3 Å². The highest BCUT2D eigenvalue weighted by Gasteiger charge is 2.84. The van der Waals surface area contributed by atoms with Crippen molar-refractivity contribution in [3.05, 3.63) is 12.2 Å². The molecular formula is C22H33NO2. The number of aliphatic hydroxyl groups is 2. The number of piperidine rings is 1. The average molecular weight is 344 g/mol. The molecule has 0 aromatic carbocycles. The lowest BCUT2D eigenvalue weighted by atomic mass is 9.39. The number of likely N-dealkylation sites (tertiary alicyclic amines) is 1. The molecule has 0 amide bonds. The van der Waals surface area contributed by atoms with Crippen molar-refractivity contribution in [2.24, 2.45) is 39.9 Å². The van der Waals surface area contributed by atoms with E-state index in [2.05, 4.69) is 25.3 Å². The van der Waals surface area contributed by atoms with Gasteiger partial charge in [-0.1, -0.05) is 26.8 Å². The van der Waals surface area contributed by atoms with E-state index >= 15 is 0 Å². The van der Waals surface area contributed by atoms with Crippen molar-refractivity contribution in [2.75, 3.05) is 13.1 Å². The molecule has 3 heteroatoms. The summed E-state index contributed by atoms with van der Waals surface area (Å²) in [4.78, 5) is 2.77. The number of rotatable bonds is 1. The molecule has 25 heavy (non-hydrogen) atoms. The van der Waals surface area contributed by atoms with Crippen LogP contribution in [0.5, 0.6) is 0 Å². The lowest BCUT2D eigenvalue weighted by molar-refractivity contribution is -0.227. The zero-order valence-electron chi connectivity index (χ0n) is 15.7. The van der Waals surface area contributed by atoms with Gasteiger partial charge in [-0.2, -0.15) is 0 Å². The molecule has 6 saturated carbocycles. The Morgan fingerprint density at radius 3 is 2.76 bits per heavy atom.